The lowest BCUT2D eigenvalue weighted by Crippen LogP contribution is -2.61. The van der Waals surface area contributed by atoms with Gasteiger partial charge in [0.1, 0.15) is 11.2 Å². The average Bonchev–Trinajstić information content (AvgIpc) is 3.56. The molecule has 0 bridgehead atoms. The molecule has 330 valence electrons. The van der Waals surface area contributed by atoms with Crippen LogP contribution in [0.2, 0.25) is 0 Å². The second-order valence-electron chi connectivity index (χ2n) is 25.3. The van der Waals surface area contributed by atoms with Gasteiger partial charge in [-0.3, -0.25) is 0 Å². The van der Waals surface area contributed by atoms with E-state index >= 15 is 0 Å². The van der Waals surface area contributed by atoms with Crippen LogP contribution in [0.3, 0.4) is 0 Å². The van der Waals surface area contributed by atoms with Crippen LogP contribution < -0.4 is 26.2 Å². The van der Waals surface area contributed by atoms with Gasteiger partial charge in [0.05, 0.1) is 0 Å². The predicted molar refractivity (Wildman–Crippen MR) is 280 cm³/mol. The second kappa shape index (κ2) is 14.1. The molecule has 64 heavy (non-hydrogen) atoms. The summed E-state index contributed by atoms with van der Waals surface area (Å²) in [6.45, 7) is 41.9. The van der Waals surface area contributed by atoms with Crippen molar-refractivity contribution < 1.29 is 4.42 Å². The monoisotopic (exact) mass is 847 g/mol. The Kier molecular flexibility index (Phi) is 9.72. The average molecular weight is 847 g/mol. The highest BCUT2D eigenvalue weighted by atomic mass is 16.3. The van der Waals surface area contributed by atoms with Crippen molar-refractivity contribution in [3.8, 4) is 0 Å². The zero-order valence-corrected chi connectivity index (χ0v) is 42.2. The van der Waals surface area contributed by atoms with Gasteiger partial charge in [0.25, 0.3) is 6.71 Å². The highest BCUT2D eigenvalue weighted by Gasteiger charge is 2.46. The summed E-state index contributed by atoms with van der Waals surface area (Å²) in [6.07, 6.45) is 0. The van der Waals surface area contributed by atoms with Crippen molar-refractivity contribution in [3.63, 3.8) is 0 Å². The van der Waals surface area contributed by atoms with Crippen molar-refractivity contribution in [3.05, 3.63) is 137 Å². The van der Waals surface area contributed by atoms with Gasteiger partial charge in [-0.15, -0.1) is 0 Å². The molecule has 7 aromatic rings. The van der Waals surface area contributed by atoms with E-state index in [1.165, 1.54) is 94.7 Å². The summed E-state index contributed by atoms with van der Waals surface area (Å²) in [4.78, 5) is 5.18. The molecule has 0 radical (unpaired) electrons. The van der Waals surface area contributed by atoms with Gasteiger partial charge in [-0.1, -0.05) is 161 Å². The zero-order chi connectivity index (χ0) is 46.4. The van der Waals surface area contributed by atoms with Gasteiger partial charge in [0.15, 0.2) is 0 Å². The van der Waals surface area contributed by atoms with Crippen LogP contribution in [0.25, 0.3) is 21.9 Å². The van der Waals surface area contributed by atoms with Crippen LogP contribution >= 0.6 is 0 Å². The fourth-order valence-corrected chi connectivity index (χ4v) is 9.96. The van der Waals surface area contributed by atoms with E-state index in [0.717, 1.165) is 11.2 Å². The Hall–Kier alpha value is -5.22. The molecular weight excluding hydrogens is 775 g/mol. The number of hydrogen-bond donors (Lipinski definition) is 0. The van der Waals surface area contributed by atoms with Crippen LogP contribution in [0.5, 0.6) is 0 Å². The lowest BCUT2D eigenvalue weighted by Gasteiger charge is -2.45. The molecule has 1 aromatic heterocycles. The fraction of sp³-hybridized carbons (Fsp3) is 0.400. The molecule has 6 aromatic carbocycles. The van der Waals surface area contributed by atoms with Crippen LogP contribution in [-0.2, 0) is 32.5 Å². The molecule has 2 aliphatic heterocycles. The lowest BCUT2D eigenvalue weighted by atomic mass is 9.33. The number of fused-ring (bicyclic) bond motifs is 8. The lowest BCUT2D eigenvalue weighted by molar-refractivity contribution is 0.568. The molecule has 0 fully saturated rings. The normalized spacial score (nSPS) is 14.6. The molecule has 0 atom stereocenters. The Morgan fingerprint density at radius 2 is 0.797 bits per heavy atom. The van der Waals surface area contributed by atoms with Crippen molar-refractivity contribution in [1.82, 2.24) is 0 Å². The first kappa shape index (κ1) is 44.0. The van der Waals surface area contributed by atoms with E-state index in [1.54, 1.807) is 0 Å². The number of nitrogens with zero attached hydrogens (tertiary/aromatic N) is 2. The summed E-state index contributed by atoms with van der Waals surface area (Å²) in [5.41, 5.74) is 20.7. The standard InChI is InChI=1S/C60H71BN2O/c1-55(2,3)36-19-23-42(24-20-36)62-47-26-21-38(57(7,8)9)33-46(47)61-52-49(62)34-41(60(16,17)18)35-50(52)63(43-30-39(58(10,11)12)29-40(31-43)59(13,14)15)48-27-25-44-45-32-37(56(4,5)6)22-28-51(45)64-54(44)53(48)61/h19-35H,1-18H3. The molecule has 9 rings (SSSR count). The van der Waals surface area contributed by atoms with Gasteiger partial charge in [-0.05, 0) is 149 Å². The first-order valence-electron chi connectivity index (χ1n) is 23.7. The molecule has 0 saturated heterocycles. The molecule has 0 amide bonds. The summed E-state index contributed by atoms with van der Waals surface area (Å²) >= 11 is 0. The van der Waals surface area contributed by atoms with E-state index in [2.05, 4.69) is 238 Å². The van der Waals surface area contributed by atoms with Crippen molar-refractivity contribution in [2.75, 3.05) is 9.80 Å². The minimum atomic E-state index is -0.123. The Balaban J connectivity index is 1.47. The highest BCUT2D eigenvalue weighted by Crippen LogP contribution is 2.49. The second-order valence-corrected chi connectivity index (χ2v) is 25.3. The van der Waals surface area contributed by atoms with Crippen molar-refractivity contribution in [2.45, 2.75) is 157 Å². The third-order valence-electron chi connectivity index (χ3n) is 14.2. The molecule has 0 unspecified atom stereocenters. The van der Waals surface area contributed by atoms with Gasteiger partial charge in [0, 0.05) is 44.9 Å². The quantitative estimate of drug-likeness (QED) is 0.162. The predicted octanol–water partition coefficient (Wildman–Crippen LogP) is 15.5. The van der Waals surface area contributed by atoms with Crippen molar-refractivity contribution in [1.29, 1.82) is 0 Å². The molecule has 0 aliphatic carbocycles. The van der Waals surface area contributed by atoms with E-state index in [-0.39, 0.29) is 39.2 Å². The van der Waals surface area contributed by atoms with Gasteiger partial charge in [0.2, 0.25) is 0 Å². The van der Waals surface area contributed by atoms with E-state index in [4.69, 9.17) is 4.42 Å². The molecule has 0 N–H and O–H groups in total. The molecule has 0 spiro atoms. The molecule has 0 saturated carbocycles. The van der Waals surface area contributed by atoms with Crippen LogP contribution in [0.4, 0.5) is 34.1 Å². The van der Waals surface area contributed by atoms with Crippen molar-refractivity contribution >= 4 is 79.2 Å². The summed E-state index contributed by atoms with van der Waals surface area (Å²) in [7, 11) is 0. The third kappa shape index (κ3) is 7.28. The van der Waals surface area contributed by atoms with Crippen LogP contribution in [-0.4, -0.2) is 6.71 Å². The van der Waals surface area contributed by atoms with Gasteiger partial charge < -0.3 is 14.2 Å². The van der Waals surface area contributed by atoms with Gasteiger partial charge in [-0.2, -0.15) is 0 Å². The number of furan rings is 1. The number of benzene rings is 6. The Morgan fingerprint density at radius 3 is 1.33 bits per heavy atom. The summed E-state index contributed by atoms with van der Waals surface area (Å²) in [5, 5.41) is 2.35. The number of hydrogen-bond acceptors (Lipinski definition) is 3. The smallest absolute Gasteiger partial charge is 0.257 e. The Labute approximate surface area is 385 Å². The Morgan fingerprint density at radius 1 is 0.344 bits per heavy atom. The topological polar surface area (TPSA) is 19.6 Å². The summed E-state index contributed by atoms with van der Waals surface area (Å²) in [5.74, 6) is 0. The third-order valence-corrected chi connectivity index (χ3v) is 14.2. The summed E-state index contributed by atoms with van der Waals surface area (Å²) < 4.78 is 7.28. The maximum Gasteiger partial charge on any atom is 0.257 e. The minimum Gasteiger partial charge on any atom is -0.457 e. The van der Waals surface area contributed by atoms with Crippen molar-refractivity contribution in [2.24, 2.45) is 0 Å². The molecule has 3 nitrogen and oxygen atoms in total. The highest BCUT2D eigenvalue weighted by molar-refractivity contribution is 7.01. The van der Waals surface area contributed by atoms with Crippen LogP contribution in [0.15, 0.2) is 108 Å². The first-order chi connectivity index (χ1) is 29.5. The van der Waals surface area contributed by atoms with E-state index in [0.29, 0.717) is 0 Å². The van der Waals surface area contributed by atoms with E-state index in [1.807, 2.05) is 0 Å². The van der Waals surface area contributed by atoms with Gasteiger partial charge in [-0.25, -0.2) is 0 Å². The minimum absolute atomic E-state index is 0.00440. The number of anilines is 6. The van der Waals surface area contributed by atoms with E-state index < -0.39 is 0 Å². The maximum atomic E-state index is 7.28. The molecule has 4 heteroatoms. The molecular formula is C60H71BN2O. The molecule has 3 heterocycles. The van der Waals surface area contributed by atoms with Gasteiger partial charge >= 0.3 is 0 Å². The number of rotatable bonds is 2. The largest absolute Gasteiger partial charge is 0.457 e. The molecule has 2 aliphatic rings. The summed E-state index contributed by atoms with van der Waals surface area (Å²) in [6, 6.07) is 40.7. The zero-order valence-electron chi connectivity index (χ0n) is 42.2. The van der Waals surface area contributed by atoms with E-state index in [9.17, 15) is 0 Å². The fourth-order valence-electron chi connectivity index (χ4n) is 9.96. The SMILES string of the molecule is CC(C)(C)c1ccc(N2c3ccc(C(C)(C)C)cc3B3c4c2cc(C(C)(C)C)cc4N(c2cc(C(C)(C)C)cc(C(C)(C)C)c2)c2ccc4c(oc5ccc(C(C)(C)C)cc54)c23)cc1. The first-order valence-corrected chi connectivity index (χ1v) is 23.7. The van der Waals surface area contributed by atoms with Crippen LogP contribution in [0.1, 0.15) is 158 Å². The Bertz CT molecular complexity index is 2960. The maximum absolute atomic E-state index is 7.28. The van der Waals surface area contributed by atoms with Crippen LogP contribution in [0, 0.1) is 0 Å².